The van der Waals surface area contributed by atoms with Gasteiger partial charge in [-0.05, 0) is 87.7 Å². The summed E-state index contributed by atoms with van der Waals surface area (Å²) in [5.41, 5.74) is 7.74. The number of ether oxygens (including phenoxy) is 2. The first-order chi connectivity index (χ1) is 17.1. The Kier molecular flexibility index (Phi) is 6.83. The Bertz CT molecular complexity index is 1460. The fourth-order valence-electron chi connectivity index (χ4n) is 4.71. The number of anilines is 1. The van der Waals surface area contributed by atoms with Crippen LogP contribution in [0.2, 0.25) is 5.02 Å². The summed E-state index contributed by atoms with van der Waals surface area (Å²) in [7, 11) is 2.84. The average Bonchev–Trinajstić information content (AvgIpc) is 3.26. The number of hydrogen-bond acceptors (Lipinski definition) is 4. The Morgan fingerprint density at radius 3 is 2.33 bits per heavy atom. The van der Waals surface area contributed by atoms with Crippen LogP contribution in [0.25, 0.3) is 11.8 Å². The highest BCUT2D eigenvalue weighted by atomic mass is 35.5. The highest BCUT2D eigenvalue weighted by molar-refractivity contribution is 6.32. The molecule has 2 heterocycles. The van der Waals surface area contributed by atoms with Crippen LogP contribution in [0.5, 0.6) is 5.75 Å². The van der Waals surface area contributed by atoms with Crippen LogP contribution in [-0.2, 0) is 14.3 Å². The molecule has 0 fully saturated rings. The molecule has 0 radical (unpaired) electrons. The summed E-state index contributed by atoms with van der Waals surface area (Å²) in [5.74, 6) is -0.403. The van der Waals surface area contributed by atoms with E-state index >= 15 is 0 Å². The van der Waals surface area contributed by atoms with Crippen molar-refractivity contribution in [2.45, 2.75) is 34.6 Å². The summed E-state index contributed by atoms with van der Waals surface area (Å²) in [4.78, 5) is 28.0. The number of carbonyl (C=O) groups excluding carboxylic acids is 2. The molecule has 0 N–H and O–H groups in total. The van der Waals surface area contributed by atoms with Crippen LogP contribution < -0.4 is 9.64 Å². The summed E-state index contributed by atoms with van der Waals surface area (Å²) in [6, 6.07) is 13.4. The number of esters is 1. The van der Waals surface area contributed by atoms with E-state index in [1.807, 2.05) is 19.9 Å². The minimum absolute atomic E-state index is 0.228. The number of methoxy groups -OCH3 is 2. The summed E-state index contributed by atoms with van der Waals surface area (Å²) >= 11 is 6.33. The van der Waals surface area contributed by atoms with Gasteiger partial charge in [0.2, 0.25) is 0 Å². The van der Waals surface area contributed by atoms with E-state index in [1.54, 1.807) is 31.2 Å². The van der Waals surface area contributed by atoms with E-state index in [2.05, 4.69) is 36.6 Å². The highest BCUT2D eigenvalue weighted by Crippen LogP contribution is 2.39. The summed E-state index contributed by atoms with van der Waals surface area (Å²) in [6.45, 7) is 9.90. The quantitative estimate of drug-likeness (QED) is 0.304. The van der Waals surface area contributed by atoms with Gasteiger partial charge in [-0.3, -0.25) is 9.69 Å². The largest absolute Gasteiger partial charge is 0.495 e. The van der Waals surface area contributed by atoms with Crippen molar-refractivity contribution in [2.24, 2.45) is 0 Å². The molecular formula is C29H29ClN2O4. The zero-order chi connectivity index (χ0) is 26.3. The normalized spacial score (nSPS) is 14.7. The average molecular weight is 505 g/mol. The van der Waals surface area contributed by atoms with E-state index in [-0.39, 0.29) is 17.1 Å². The summed E-state index contributed by atoms with van der Waals surface area (Å²) in [6.07, 6.45) is 1.77. The lowest BCUT2D eigenvalue weighted by Gasteiger charge is -2.19. The smallest absolute Gasteiger partial charge is 0.340 e. The number of nitrogens with zero attached hydrogens (tertiary/aromatic N) is 2. The van der Waals surface area contributed by atoms with Crippen LogP contribution >= 0.6 is 11.6 Å². The maximum Gasteiger partial charge on any atom is 0.340 e. The third-order valence-corrected chi connectivity index (χ3v) is 6.85. The molecule has 1 aliphatic heterocycles. The van der Waals surface area contributed by atoms with Gasteiger partial charge in [-0.1, -0.05) is 23.7 Å². The van der Waals surface area contributed by atoms with Crippen LogP contribution in [0.15, 0.2) is 59.3 Å². The van der Waals surface area contributed by atoms with Crippen molar-refractivity contribution in [2.75, 3.05) is 19.1 Å². The molecule has 0 unspecified atom stereocenters. The SMILES string of the molecule is COC(=O)C1=C(C)N(c2ccc(OC)c(Cl)c2)C(=O)/C1=C\c1cc(C)n(-c2cc(C)ccc2C)c1C. The fourth-order valence-corrected chi connectivity index (χ4v) is 4.96. The molecule has 0 aliphatic carbocycles. The van der Waals surface area contributed by atoms with Gasteiger partial charge in [-0.25, -0.2) is 4.79 Å². The Hall–Kier alpha value is -3.77. The molecule has 36 heavy (non-hydrogen) atoms. The van der Waals surface area contributed by atoms with Gasteiger partial charge in [0.05, 0.1) is 36.1 Å². The minimum atomic E-state index is -0.572. The topological polar surface area (TPSA) is 60.8 Å². The Morgan fingerprint density at radius 1 is 0.972 bits per heavy atom. The second-order valence-corrected chi connectivity index (χ2v) is 9.33. The molecular weight excluding hydrogens is 476 g/mol. The number of halogens is 1. The molecule has 1 aliphatic rings. The predicted octanol–water partition coefficient (Wildman–Crippen LogP) is 6.25. The zero-order valence-corrected chi connectivity index (χ0v) is 22.3. The number of aryl methyl sites for hydroxylation is 3. The second-order valence-electron chi connectivity index (χ2n) is 8.92. The Labute approximate surface area is 216 Å². The van der Waals surface area contributed by atoms with E-state index in [4.69, 9.17) is 21.1 Å². The zero-order valence-electron chi connectivity index (χ0n) is 21.5. The summed E-state index contributed by atoms with van der Waals surface area (Å²) < 4.78 is 12.5. The molecule has 1 amide bonds. The van der Waals surface area contributed by atoms with Crippen molar-refractivity contribution in [1.82, 2.24) is 4.57 Å². The number of allylic oxidation sites excluding steroid dienone is 1. The van der Waals surface area contributed by atoms with E-state index in [0.717, 1.165) is 33.8 Å². The second kappa shape index (κ2) is 9.70. The van der Waals surface area contributed by atoms with E-state index in [0.29, 0.717) is 22.2 Å². The van der Waals surface area contributed by atoms with Gasteiger partial charge in [0.1, 0.15) is 5.75 Å². The third-order valence-electron chi connectivity index (χ3n) is 6.56. The number of amides is 1. The van der Waals surface area contributed by atoms with Gasteiger partial charge in [-0.2, -0.15) is 0 Å². The summed E-state index contributed by atoms with van der Waals surface area (Å²) in [5, 5.41) is 0.365. The molecule has 1 aromatic heterocycles. The maximum absolute atomic E-state index is 13.7. The van der Waals surface area contributed by atoms with Gasteiger partial charge in [0.15, 0.2) is 0 Å². The van der Waals surface area contributed by atoms with Gasteiger partial charge < -0.3 is 14.0 Å². The molecule has 0 spiro atoms. The van der Waals surface area contributed by atoms with E-state index < -0.39 is 5.97 Å². The van der Waals surface area contributed by atoms with E-state index in [9.17, 15) is 9.59 Å². The van der Waals surface area contributed by atoms with Gasteiger partial charge in [0, 0.05) is 22.8 Å². The van der Waals surface area contributed by atoms with Crippen molar-refractivity contribution in [3.05, 3.63) is 92.4 Å². The monoisotopic (exact) mass is 504 g/mol. The van der Waals surface area contributed by atoms with Crippen molar-refractivity contribution in [3.63, 3.8) is 0 Å². The molecule has 0 saturated carbocycles. The number of benzene rings is 2. The molecule has 7 heteroatoms. The van der Waals surface area contributed by atoms with Crippen molar-refractivity contribution in [3.8, 4) is 11.4 Å². The molecule has 2 aromatic carbocycles. The fraction of sp³-hybridized carbons (Fsp3) is 0.241. The molecule has 0 saturated heterocycles. The lowest BCUT2D eigenvalue weighted by molar-refractivity contribution is -0.136. The third kappa shape index (κ3) is 4.22. The van der Waals surface area contributed by atoms with Crippen LogP contribution in [-0.4, -0.2) is 30.7 Å². The van der Waals surface area contributed by atoms with Gasteiger partial charge >= 0.3 is 5.97 Å². The molecule has 3 aromatic rings. The first kappa shape index (κ1) is 25.3. The van der Waals surface area contributed by atoms with Crippen LogP contribution in [0.4, 0.5) is 5.69 Å². The lowest BCUT2D eigenvalue weighted by Crippen LogP contribution is -2.24. The molecule has 0 bridgehead atoms. The molecule has 4 rings (SSSR count). The number of hydrogen-bond donors (Lipinski definition) is 0. The van der Waals surface area contributed by atoms with Crippen LogP contribution in [0, 0.1) is 27.7 Å². The van der Waals surface area contributed by atoms with Crippen LogP contribution in [0.1, 0.15) is 35.0 Å². The molecule has 186 valence electrons. The minimum Gasteiger partial charge on any atom is -0.495 e. The number of aromatic nitrogens is 1. The highest BCUT2D eigenvalue weighted by Gasteiger charge is 2.38. The standard InChI is InChI=1S/C29H29ClN2O4/c1-16-8-9-17(2)25(12-16)31-18(3)13-21(19(31)4)14-23-27(29(34)36-7)20(5)32(28(23)33)22-10-11-26(35-6)24(30)15-22/h8-15H,1-7H3/b23-14-. The van der Waals surface area contributed by atoms with Crippen molar-refractivity contribution in [1.29, 1.82) is 0 Å². The predicted molar refractivity (Wildman–Crippen MR) is 143 cm³/mol. The Morgan fingerprint density at radius 2 is 1.69 bits per heavy atom. The Balaban J connectivity index is 1.86. The van der Waals surface area contributed by atoms with Crippen LogP contribution in [0.3, 0.4) is 0 Å². The van der Waals surface area contributed by atoms with Gasteiger partial charge in [-0.15, -0.1) is 0 Å². The lowest BCUT2D eigenvalue weighted by atomic mass is 10.0. The number of carbonyl (C=O) groups is 2. The van der Waals surface area contributed by atoms with Crippen molar-refractivity contribution < 1.29 is 19.1 Å². The van der Waals surface area contributed by atoms with Crippen molar-refractivity contribution >= 4 is 35.2 Å². The van der Waals surface area contributed by atoms with E-state index in [1.165, 1.54) is 19.1 Å². The van der Waals surface area contributed by atoms with Gasteiger partial charge in [0.25, 0.3) is 5.91 Å². The first-order valence-electron chi connectivity index (χ1n) is 11.5. The maximum atomic E-state index is 13.7. The first-order valence-corrected chi connectivity index (χ1v) is 11.9. The molecule has 0 atom stereocenters. The molecule has 6 nitrogen and oxygen atoms in total. The number of rotatable bonds is 5.